The first-order valence-electron chi connectivity index (χ1n) is 8.42. The van der Waals surface area contributed by atoms with Crippen LogP contribution >= 0.6 is 12.4 Å². The van der Waals surface area contributed by atoms with Gasteiger partial charge in [0, 0.05) is 19.8 Å². The second kappa shape index (κ2) is 10.2. The third kappa shape index (κ3) is 6.28. The minimum Gasteiger partial charge on any atom is -0.497 e. The number of nitrogens with zero attached hydrogens (tertiary/aromatic N) is 5. The van der Waals surface area contributed by atoms with E-state index in [4.69, 9.17) is 4.74 Å². The lowest BCUT2D eigenvalue weighted by Gasteiger charge is -2.13. The Bertz CT molecular complexity index is 950. The van der Waals surface area contributed by atoms with Gasteiger partial charge in [-0.3, -0.25) is 0 Å². The largest absolute Gasteiger partial charge is 0.497 e. The van der Waals surface area contributed by atoms with Crippen molar-refractivity contribution in [3.63, 3.8) is 0 Å². The van der Waals surface area contributed by atoms with E-state index in [2.05, 4.69) is 30.8 Å². The van der Waals surface area contributed by atoms with Gasteiger partial charge in [0.05, 0.1) is 13.3 Å². The normalized spacial score (nSPS) is 10.3. The van der Waals surface area contributed by atoms with Crippen LogP contribution in [-0.4, -0.2) is 42.4 Å². The molecule has 1 aromatic heterocycles. The van der Waals surface area contributed by atoms with Crippen molar-refractivity contribution in [1.82, 2.24) is 15.0 Å². The Balaban J connectivity index is 0.00000300. The van der Waals surface area contributed by atoms with Crippen molar-refractivity contribution in [3.05, 3.63) is 59.9 Å². The van der Waals surface area contributed by atoms with Crippen LogP contribution in [0.1, 0.15) is 5.56 Å². The Morgan fingerprint density at radius 2 is 1.62 bits per heavy atom. The van der Waals surface area contributed by atoms with E-state index < -0.39 is 0 Å². The Morgan fingerprint density at radius 1 is 0.966 bits per heavy atom. The zero-order valence-electron chi connectivity index (χ0n) is 16.1. The number of halogens is 2. The minimum absolute atomic E-state index is 0. The molecule has 0 atom stereocenters. The summed E-state index contributed by atoms with van der Waals surface area (Å²) in [6, 6.07) is 13.4. The molecule has 0 radical (unpaired) electrons. The number of hydrogen-bond acceptors (Lipinski definition) is 8. The summed E-state index contributed by atoms with van der Waals surface area (Å²) in [5, 5.41) is 7.19. The van der Waals surface area contributed by atoms with Gasteiger partial charge in [-0.05, 0) is 54.1 Å². The molecule has 0 spiro atoms. The van der Waals surface area contributed by atoms with E-state index in [0.29, 0.717) is 17.6 Å². The van der Waals surface area contributed by atoms with Crippen molar-refractivity contribution >= 4 is 42.2 Å². The van der Waals surface area contributed by atoms with Crippen LogP contribution in [0.25, 0.3) is 0 Å². The molecule has 0 saturated carbocycles. The van der Waals surface area contributed by atoms with Crippen molar-refractivity contribution < 1.29 is 9.13 Å². The van der Waals surface area contributed by atoms with Crippen molar-refractivity contribution in [3.8, 4) is 5.75 Å². The molecule has 0 aliphatic heterocycles. The number of hydrogen-bond donors (Lipinski definition) is 2. The number of methoxy groups -OCH3 is 1. The minimum atomic E-state index is -0.314. The van der Waals surface area contributed by atoms with Gasteiger partial charge in [0.1, 0.15) is 11.6 Å². The number of nitrogens with one attached hydrogen (secondary N) is 2. The summed E-state index contributed by atoms with van der Waals surface area (Å²) in [5.74, 6) is 1.49. The van der Waals surface area contributed by atoms with Gasteiger partial charge in [-0.2, -0.15) is 20.1 Å². The molecule has 0 aliphatic carbocycles. The first-order valence-corrected chi connectivity index (χ1v) is 8.42. The average Bonchev–Trinajstić information content (AvgIpc) is 2.70. The van der Waals surface area contributed by atoms with Gasteiger partial charge < -0.3 is 15.0 Å². The number of ether oxygens (including phenoxy) is 1. The predicted molar refractivity (Wildman–Crippen MR) is 115 cm³/mol. The molecular formula is C19H21ClFN7O. The van der Waals surface area contributed by atoms with Gasteiger partial charge in [-0.15, -0.1) is 12.4 Å². The van der Waals surface area contributed by atoms with Gasteiger partial charge in [-0.1, -0.05) is 0 Å². The predicted octanol–water partition coefficient (Wildman–Crippen LogP) is 3.70. The second-order valence-electron chi connectivity index (χ2n) is 5.95. The third-order valence-corrected chi connectivity index (χ3v) is 3.62. The molecule has 0 fully saturated rings. The summed E-state index contributed by atoms with van der Waals surface area (Å²) in [4.78, 5) is 14.7. The fraction of sp³-hybridized carbons (Fsp3) is 0.158. The van der Waals surface area contributed by atoms with E-state index in [0.717, 1.165) is 11.3 Å². The fourth-order valence-corrected chi connectivity index (χ4v) is 2.19. The lowest BCUT2D eigenvalue weighted by molar-refractivity contribution is 0.415. The highest BCUT2D eigenvalue weighted by atomic mass is 35.5. The highest BCUT2D eigenvalue weighted by Crippen LogP contribution is 2.17. The van der Waals surface area contributed by atoms with Gasteiger partial charge >= 0.3 is 0 Å². The number of aromatic nitrogens is 3. The molecule has 3 rings (SSSR count). The standard InChI is InChI=1S/C19H20FN7O.ClH/c1-27(2)19-24-17(22-15-8-6-14(20)7-9-15)23-18(25-19)26-21-12-13-4-10-16(28-3)11-5-13;/h4-12H,1-3H3,(H2,22,23,24,25,26);1H/b21-12+;. The molecule has 152 valence electrons. The van der Waals surface area contributed by atoms with Gasteiger partial charge in [0.15, 0.2) is 0 Å². The van der Waals surface area contributed by atoms with Crippen LogP contribution < -0.4 is 20.4 Å². The van der Waals surface area contributed by atoms with Crippen molar-refractivity contribution in [1.29, 1.82) is 0 Å². The van der Waals surface area contributed by atoms with E-state index in [-0.39, 0.29) is 24.2 Å². The number of rotatable bonds is 7. The van der Waals surface area contributed by atoms with Crippen LogP contribution in [0.3, 0.4) is 0 Å². The quantitative estimate of drug-likeness (QED) is 0.447. The maximum Gasteiger partial charge on any atom is 0.250 e. The molecule has 0 unspecified atom stereocenters. The first kappa shape index (κ1) is 21.8. The van der Waals surface area contributed by atoms with Crippen LogP contribution in [0.15, 0.2) is 53.6 Å². The molecule has 0 saturated heterocycles. The lowest BCUT2D eigenvalue weighted by Crippen LogP contribution is -2.15. The smallest absolute Gasteiger partial charge is 0.250 e. The summed E-state index contributed by atoms with van der Waals surface area (Å²) >= 11 is 0. The van der Waals surface area contributed by atoms with Gasteiger partial charge in [-0.25, -0.2) is 9.82 Å². The SMILES string of the molecule is COc1ccc(/C=N/Nc2nc(Nc3ccc(F)cc3)nc(N(C)C)n2)cc1.Cl. The topological polar surface area (TPSA) is 87.6 Å². The summed E-state index contributed by atoms with van der Waals surface area (Å²) in [7, 11) is 5.26. The van der Waals surface area contributed by atoms with Crippen LogP contribution in [0.5, 0.6) is 5.75 Å². The Kier molecular flexibility index (Phi) is 7.67. The summed E-state index contributed by atoms with van der Waals surface area (Å²) in [6.07, 6.45) is 1.64. The molecule has 0 bridgehead atoms. The summed E-state index contributed by atoms with van der Waals surface area (Å²) < 4.78 is 18.2. The van der Waals surface area contributed by atoms with Crippen molar-refractivity contribution in [2.45, 2.75) is 0 Å². The fourth-order valence-electron chi connectivity index (χ4n) is 2.19. The summed E-state index contributed by atoms with van der Waals surface area (Å²) in [6.45, 7) is 0. The van der Waals surface area contributed by atoms with Crippen molar-refractivity contribution in [2.24, 2.45) is 5.10 Å². The van der Waals surface area contributed by atoms with Crippen molar-refractivity contribution in [2.75, 3.05) is 36.8 Å². The Hall–Kier alpha value is -3.46. The Morgan fingerprint density at radius 3 is 2.24 bits per heavy atom. The average molecular weight is 418 g/mol. The van der Waals surface area contributed by atoms with E-state index in [1.807, 2.05) is 38.4 Å². The monoisotopic (exact) mass is 417 g/mol. The molecule has 0 aliphatic rings. The van der Waals surface area contributed by atoms with E-state index in [1.54, 1.807) is 30.4 Å². The molecule has 2 aromatic carbocycles. The van der Waals surface area contributed by atoms with E-state index in [1.165, 1.54) is 12.1 Å². The highest BCUT2D eigenvalue weighted by Gasteiger charge is 2.08. The highest BCUT2D eigenvalue weighted by molar-refractivity contribution is 5.85. The van der Waals surface area contributed by atoms with Crippen LogP contribution in [0.4, 0.5) is 27.9 Å². The van der Waals surface area contributed by atoms with Crippen LogP contribution in [-0.2, 0) is 0 Å². The number of benzene rings is 2. The molecule has 2 N–H and O–H groups in total. The molecule has 3 aromatic rings. The number of hydrazone groups is 1. The first-order chi connectivity index (χ1) is 13.5. The molecular weight excluding hydrogens is 397 g/mol. The molecule has 1 heterocycles. The zero-order valence-corrected chi connectivity index (χ0v) is 16.9. The molecule has 0 amide bonds. The molecule has 10 heteroatoms. The zero-order chi connectivity index (χ0) is 19.9. The molecule has 29 heavy (non-hydrogen) atoms. The summed E-state index contributed by atoms with van der Waals surface area (Å²) in [5.41, 5.74) is 4.35. The third-order valence-electron chi connectivity index (χ3n) is 3.62. The molecule has 8 nitrogen and oxygen atoms in total. The van der Waals surface area contributed by atoms with Crippen LogP contribution in [0.2, 0.25) is 0 Å². The van der Waals surface area contributed by atoms with E-state index >= 15 is 0 Å². The maximum absolute atomic E-state index is 13.1. The lowest BCUT2D eigenvalue weighted by atomic mass is 10.2. The maximum atomic E-state index is 13.1. The van der Waals surface area contributed by atoms with Gasteiger partial charge in [0.25, 0.3) is 0 Å². The number of anilines is 4. The van der Waals surface area contributed by atoms with Gasteiger partial charge in [0.2, 0.25) is 17.8 Å². The Labute approximate surface area is 174 Å². The van der Waals surface area contributed by atoms with Crippen LogP contribution in [0, 0.1) is 5.82 Å². The van der Waals surface area contributed by atoms with E-state index in [9.17, 15) is 4.39 Å². The second-order valence-corrected chi connectivity index (χ2v) is 5.95.